The second-order valence-corrected chi connectivity index (χ2v) is 8.82. The maximum absolute atomic E-state index is 12.7. The van der Waals surface area contributed by atoms with Gasteiger partial charge in [0, 0.05) is 36.0 Å². The number of esters is 1. The third-order valence-corrected chi connectivity index (χ3v) is 6.34. The van der Waals surface area contributed by atoms with Crippen molar-refractivity contribution in [2.24, 2.45) is 0 Å². The Morgan fingerprint density at radius 2 is 1.78 bits per heavy atom. The molecule has 8 nitrogen and oxygen atoms in total. The number of benzene rings is 2. The number of nitrogens with one attached hydrogen (secondary N) is 1. The molecular weight excluding hydrogens is 456 g/mol. The highest BCUT2D eigenvalue weighted by molar-refractivity contribution is 5.90. The number of hydrogen-bond donors (Lipinski definition) is 1. The number of rotatable bonds is 7. The number of non-ortho nitro benzene ring substituents is 1. The van der Waals surface area contributed by atoms with Crippen LogP contribution in [0.2, 0.25) is 0 Å². The van der Waals surface area contributed by atoms with Crippen LogP contribution >= 0.6 is 0 Å². The van der Waals surface area contributed by atoms with Crippen LogP contribution in [0.25, 0.3) is 23.0 Å². The van der Waals surface area contributed by atoms with Gasteiger partial charge in [0.25, 0.3) is 5.69 Å². The lowest BCUT2D eigenvalue weighted by Gasteiger charge is -2.24. The minimum Gasteiger partial charge on any atom is -0.423 e. The molecule has 0 radical (unpaired) electrons. The zero-order valence-corrected chi connectivity index (χ0v) is 19.7. The smallest absolute Gasteiger partial charge is 0.336 e. The molecule has 0 amide bonds. The van der Waals surface area contributed by atoms with Crippen LogP contribution in [0.1, 0.15) is 37.7 Å². The molecule has 182 valence electrons. The molecule has 0 spiro atoms. The Bertz CT molecular complexity index is 1420. The number of nitro groups is 1. The molecule has 36 heavy (non-hydrogen) atoms. The van der Waals surface area contributed by atoms with Crippen molar-refractivity contribution in [3.05, 3.63) is 94.7 Å². The maximum atomic E-state index is 12.7. The van der Waals surface area contributed by atoms with E-state index in [0.29, 0.717) is 17.4 Å². The Labute approximate surface area is 208 Å². The van der Waals surface area contributed by atoms with E-state index in [0.717, 1.165) is 35.6 Å². The molecule has 5 rings (SSSR count). The number of carbonyl (C=O) groups excluding carboxylic acids is 1. The number of para-hydroxylation sites is 1. The first-order valence-corrected chi connectivity index (χ1v) is 12.1. The third kappa shape index (κ3) is 5.12. The molecule has 1 N–H and O–H groups in total. The molecule has 1 aliphatic carbocycles. The molecular formula is C28H26N4O4. The van der Waals surface area contributed by atoms with Gasteiger partial charge in [-0.05, 0) is 60.9 Å². The fraction of sp³-hybridized carbons (Fsp3) is 0.214. The fourth-order valence-corrected chi connectivity index (χ4v) is 4.53. The number of ether oxygens (including phenoxy) is 1. The zero-order valence-electron chi connectivity index (χ0n) is 19.7. The fourth-order valence-electron chi connectivity index (χ4n) is 4.53. The van der Waals surface area contributed by atoms with Crippen LogP contribution in [0, 0.1) is 10.1 Å². The number of hydrogen-bond acceptors (Lipinski definition) is 6. The predicted molar refractivity (Wildman–Crippen MR) is 139 cm³/mol. The summed E-state index contributed by atoms with van der Waals surface area (Å²) in [5, 5.41) is 14.5. The van der Waals surface area contributed by atoms with Crippen molar-refractivity contribution in [3.8, 4) is 17.0 Å². The average Bonchev–Trinajstić information content (AvgIpc) is 3.26. The number of nitrogens with zero attached hydrogens (tertiary/aromatic N) is 3. The van der Waals surface area contributed by atoms with Gasteiger partial charge in [-0.3, -0.25) is 14.5 Å². The van der Waals surface area contributed by atoms with Crippen molar-refractivity contribution in [1.82, 2.24) is 9.38 Å². The van der Waals surface area contributed by atoms with Crippen LogP contribution in [0.4, 0.5) is 11.5 Å². The van der Waals surface area contributed by atoms with Crippen molar-refractivity contribution in [1.29, 1.82) is 0 Å². The number of aromatic nitrogens is 2. The SMILES string of the molecule is O=C(C=Cc1ccc([N+](=O)[O-])cc1)Oc1ccccc1-c1nc2ccccn2c1NC1CCCCC1. The summed E-state index contributed by atoms with van der Waals surface area (Å²) in [5.74, 6) is 0.750. The molecule has 0 aliphatic heterocycles. The summed E-state index contributed by atoms with van der Waals surface area (Å²) >= 11 is 0. The quantitative estimate of drug-likeness (QED) is 0.110. The van der Waals surface area contributed by atoms with Crippen molar-refractivity contribution >= 4 is 29.2 Å². The van der Waals surface area contributed by atoms with E-state index in [9.17, 15) is 14.9 Å². The van der Waals surface area contributed by atoms with Crippen LogP contribution in [0.3, 0.4) is 0 Å². The molecule has 4 aromatic rings. The molecule has 1 saturated carbocycles. The Balaban J connectivity index is 1.42. The standard InChI is InChI=1S/C28H26N4O4/c33-26(18-15-20-13-16-22(17-14-20)32(34)35)36-24-11-5-4-10-23(24)27-28(29-21-8-2-1-3-9-21)31-19-7-6-12-25(31)30-27/h4-7,10-19,21,29H,1-3,8-9H2. The molecule has 2 aromatic heterocycles. The monoisotopic (exact) mass is 482 g/mol. The molecule has 0 unspecified atom stereocenters. The number of nitro benzene ring substituents is 1. The number of pyridine rings is 1. The molecule has 0 atom stereocenters. The van der Waals surface area contributed by atoms with Crippen LogP contribution in [0.15, 0.2) is 79.0 Å². The highest BCUT2D eigenvalue weighted by Gasteiger charge is 2.22. The van der Waals surface area contributed by atoms with E-state index in [2.05, 4.69) is 5.32 Å². The highest BCUT2D eigenvalue weighted by atomic mass is 16.6. The summed E-state index contributed by atoms with van der Waals surface area (Å²) in [6.45, 7) is 0. The Morgan fingerprint density at radius 3 is 2.56 bits per heavy atom. The summed E-state index contributed by atoms with van der Waals surface area (Å²) in [4.78, 5) is 27.9. The van der Waals surface area contributed by atoms with Gasteiger partial charge in [0.2, 0.25) is 0 Å². The van der Waals surface area contributed by atoms with Gasteiger partial charge in [-0.15, -0.1) is 0 Å². The molecule has 2 heterocycles. The summed E-state index contributed by atoms with van der Waals surface area (Å²) in [6, 6.07) is 19.6. The number of carbonyl (C=O) groups is 1. The van der Waals surface area contributed by atoms with Gasteiger partial charge in [-0.1, -0.05) is 37.5 Å². The Morgan fingerprint density at radius 1 is 1.03 bits per heavy atom. The first kappa shape index (κ1) is 23.3. The van der Waals surface area contributed by atoms with Crippen LogP contribution in [-0.4, -0.2) is 26.3 Å². The Hall–Kier alpha value is -4.46. The van der Waals surface area contributed by atoms with Crippen LogP contribution < -0.4 is 10.1 Å². The van der Waals surface area contributed by atoms with Gasteiger partial charge < -0.3 is 10.1 Å². The van der Waals surface area contributed by atoms with Gasteiger partial charge in [-0.2, -0.15) is 0 Å². The lowest BCUT2D eigenvalue weighted by molar-refractivity contribution is -0.384. The van der Waals surface area contributed by atoms with Crippen molar-refractivity contribution in [2.45, 2.75) is 38.1 Å². The average molecular weight is 483 g/mol. The summed E-state index contributed by atoms with van der Waals surface area (Å²) < 4.78 is 7.75. The van der Waals surface area contributed by atoms with E-state index in [1.54, 1.807) is 24.3 Å². The molecule has 2 aromatic carbocycles. The van der Waals surface area contributed by atoms with Crippen molar-refractivity contribution in [3.63, 3.8) is 0 Å². The molecule has 0 saturated heterocycles. The van der Waals surface area contributed by atoms with E-state index >= 15 is 0 Å². The van der Waals surface area contributed by atoms with Crippen molar-refractivity contribution < 1.29 is 14.5 Å². The van der Waals surface area contributed by atoms with E-state index < -0.39 is 10.9 Å². The minimum atomic E-state index is -0.550. The summed E-state index contributed by atoms with van der Waals surface area (Å²) in [6.07, 6.45) is 10.8. The molecule has 1 fully saturated rings. The largest absolute Gasteiger partial charge is 0.423 e. The van der Waals surface area contributed by atoms with E-state index in [-0.39, 0.29) is 5.69 Å². The lowest BCUT2D eigenvalue weighted by atomic mass is 9.95. The second-order valence-electron chi connectivity index (χ2n) is 8.82. The van der Waals surface area contributed by atoms with E-state index in [1.165, 1.54) is 37.5 Å². The zero-order chi connectivity index (χ0) is 24.9. The topological polar surface area (TPSA) is 98.8 Å². The van der Waals surface area contributed by atoms with Gasteiger partial charge in [0.15, 0.2) is 0 Å². The van der Waals surface area contributed by atoms with E-state index in [1.807, 2.05) is 47.0 Å². The first-order valence-electron chi connectivity index (χ1n) is 12.1. The van der Waals surface area contributed by atoms with Gasteiger partial charge >= 0.3 is 5.97 Å². The first-order chi connectivity index (χ1) is 17.6. The molecule has 8 heteroatoms. The highest BCUT2D eigenvalue weighted by Crippen LogP contribution is 2.36. The van der Waals surface area contributed by atoms with E-state index in [4.69, 9.17) is 9.72 Å². The number of anilines is 1. The van der Waals surface area contributed by atoms with Gasteiger partial charge in [0.1, 0.15) is 22.9 Å². The van der Waals surface area contributed by atoms with Crippen LogP contribution in [-0.2, 0) is 4.79 Å². The summed E-state index contributed by atoms with van der Waals surface area (Å²) in [5.41, 5.74) is 2.91. The number of imidazole rings is 1. The van der Waals surface area contributed by atoms with Gasteiger partial charge in [-0.25, -0.2) is 9.78 Å². The minimum absolute atomic E-state index is 0.00579. The Kier molecular flexibility index (Phi) is 6.75. The second kappa shape index (κ2) is 10.4. The predicted octanol–water partition coefficient (Wildman–Crippen LogP) is 6.27. The third-order valence-electron chi connectivity index (χ3n) is 6.34. The van der Waals surface area contributed by atoms with Crippen molar-refractivity contribution in [2.75, 3.05) is 5.32 Å². The normalized spacial score (nSPS) is 14.2. The van der Waals surface area contributed by atoms with Crippen LogP contribution in [0.5, 0.6) is 5.75 Å². The molecule has 0 bridgehead atoms. The lowest BCUT2D eigenvalue weighted by Crippen LogP contribution is -2.23. The van der Waals surface area contributed by atoms with Gasteiger partial charge in [0.05, 0.1) is 4.92 Å². The molecule has 1 aliphatic rings. The maximum Gasteiger partial charge on any atom is 0.336 e. The number of fused-ring (bicyclic) bond motifs is 1. The summed E-state index contributed by atoms with van der Waals surface area (Å²) in [7, 11) is 0.